The highest BCUT2D eigenvalue weighted by atomic mass is 35.5. The van der Waals surface area contributed by atoms with Crippen molar-refractivity contribution < 1.29 is 5.11 Å². The Bertz CT molecular complexity index is 311. The summed E-state index contributed by atoms with van der Waals surface area (Å²) < 4.78 is 0. The second-order valence-corrected chi connectivity index (χ2v) is 4.24. The van der Waals surface area contributed by atoms with E-state index in [1.165, 1.54) is 5.56 Å². The summed E-state index contributed by atoms with van der Waals surface area (Å²) in [6.45, 7) is 2.58. The number of rotatable bonds is 2. The van der Waals surface area contributed by atoms with Crippen molar-refractivity contribution in [2.45, 2.75) is 25.1 Å². The van der Waals surface area contributed by atoms with Gasteiger partial charge in [-0.05, 0) is 12.0 Å². The van der Waals surface area contributed by atoms with Crippen molar-refractivity contribution in [2.24, 2.45) is 5.73 Å². The summed E-state index contributed by atoms with van der Waals surface area (Å²) in [7, 11) is 0. The van der Waals surface area contributed by atoms with Crippen LogP contribution in [0.5, 0.6) is 0 Å². The van der Waals surface area contributed by atoms with Gasteiger partial charge in [-0.3, -0.25) is 4.90 Å². The van der Waals surface area contributed by atoms with E-state index < -0.39 is 0 Å². The predicted octanol–water partition coefficient (Wildman–Crippen LogP) is 1.42. The van der Waals surface area contributed by atoms with Crippen LogP contribution < -0.4 is 5.73 Å². The second-order valence-electron chi connectivity index (χ2n) is 4.24. The SMILES string of the molecule is Cl.Cl.N[C@H]1CCN(Cc2ccccc2)C[C@H]1O. The molecule has 1 aliphatic rings. The van der Waals surface area contributed by atoms with E-state index in [1.54, 1.807) is 0 Å². The van der Waals surface area contributed by atoms with Gasteiger partial charge in [0.1, 0.15) is 0 Å². The lowest BCUT2D eigenvalue weighted by atomic mass is 10.0. The number of piperidine rings is 1. The molecule has 1 aromatic carbocycles. The first-order valence-corrected chi connectivity index (χ1v) is 5.45. The summed E-state index contributed by atoms with van der Waals surface area (Å²) in [6.07, 6.45) is 0.510. The zero-order valence-electron chi connectivity index (χ0n) is 9.66. The zero-order chi connectivity index (χ0) is 10.7. The Morgan fingerprint density at radius 1 is 1.24 bits per heavy atom. The quantitative estimate of drug-likeness (QED) is 0.861. The smallest absolute Gasteiger partial charge is 0.0818 e. The van der Waals surface area contributed by atoms with Crippen molar-refractivity contribution in [1.29, 1.82) is 0 Å². The summed E-state index contributed by atoms with van der Waals surface area (Å²) in [5.74, 6) is 0. The summed E-state index contributed by atoms with van der Waals surface area (Å²) in [5.41, 5.74) is 7.05. The predicted molar refractivity (Wildman–Crippen MR) is 74.8 cm³/mol. The van der Waals surface area contributed by atoms with E-state index in [0.717, 1.165) is 19.5 Å². The van der Waals surface area contributed by atoms with E-state index in [4.69, 9.17) is 5.73 Å². The van der Waals surface area contributed by atoms with Gasteiger partial charge in [0.2, 0.25) is 0 Å². The Balaban J connectivity index is 0.00000128. The normalized spacial score (nSPS) is 24.6. The number of halogens is 2. The minimum atomic E-state index is -0.373. The highest BCUT2D eigenvalue weighted by molar-refractivity contribution is 5.85. The minimum Gasteiger partial charge on any atom is -0.390 e. The number of nitrogens with two attached hydrogens (primary N) is 1. The van der Waals surface area contributed by atoms with E-state index in [2.05, 4.69) is 17.0 Å². The molecule has 0 bridgehead atoms. The maximum absolute atomic E-state index is 9.66. The molecule has 1 heterocycles. The topological polar surface area (TPSA) is 49.5 Å². The maximum atomic E-state index is 9.66. The number of β-amino-alcohol motifs (C(OH)–C–C–N with tert-alkyl or cyclic N) is 1. The van der Waals surface area contributed by atoms with Gasteiger partial charge in [0.05, 0.1) is 6.10 Å². The largest absolute Gasteiger partial charge is 0.390 e. The molecule has 0 spiro atoms. The maximum Gasteiger partial charge on any atom is 0.0818 e. The molecule has 2 atom stereocenters. The first kappa shape index (κ1) is 16.7. The number of hydrogen-bond acceptors (Lipinski definition) is 3. The number of aliphatic hydroxyl groups is 1. The molecular formula is C12H20Cl2N2O. The second kappa shape index (κ2) is 7.90. The Hall–Kier alpha value is -0.320. The van der Waals surface area contributed by atoms with Crippen LogP contribution in [-0.2, 0) is 6.54 Å². The lowest BCUT2D eigenvalue weighted by molar-refractivity contribution is 0.0499. The van der Waals surface area contributed by atoms with Crippen molar-refractivity contribution in [2.75, 3.05) is 13.1 Å². The summed E-state index contributed by atoms with van der Waals surface area (Å²) in [6, 6.07) is 10.3. The van der Waals surface area contributed by atoms with Crippen LogP contribution in [0.25, 0.3) is 0 Å². The van der Waals surface area contributed by atoms with Crippen LogP contribution in [0.4, 0.5) is 0 Å². The zero-order valence-corrected chi connectivity index (χ0v) is 11.3. The Kier molecular flexibility index (Phi) is 7.75. The van der Waals surface area contributed by atoms with Crippen molar-refractivity contribution in [1.82, 2.24) is 4.90 Å². The number of likely N-dealkylation sites (tertiary alicyclic amines) is 1. The van der Waals surface area contributed by atoms with Gasteiger partial charge in [-0.25, -0.2) is 0 Å². The third-order valence-corrected chi connectivity index (χ3v) is 2.97. The van der Waals surface area contributed by atoms with Gasteiger partial charge in [0.25, 0.3) is 0 Å². The molecule has 0 radical (unpaired) electrons. The van der Waals surface area contributed by atoms with Crippen LogP contribution in [0, 0.1) is 0 Å². The average Bonchev–Trinajstić information content (AvgIpc) is 2.25. The molecule has 17 heavy (non-hydrogen) atoms. The summed E-state index contributed by atoms with van der Waals surface area (Å²) in [4.78, 5) is 2.25. The van der Waals surface area contributed by atoms with E-state index in [-0.39, 0.29) is 37.0 Å². The van der Waals surface area contributed by atoms with Crippen molar-refractivity contribution in [3.05, 3.63) is 35.9 Å². The average molecular weight is 279 g/mol. The van der Waals surface area contributed by atoms with Gasteiger partial charge in [0.15, 0.2) is 0 Å². The van der Waals surface area contributed by atoms with Gasteiger partial charge >= 0.3 is 0 Å². The lowest BCUT2D eigenvalue weighted by Crippen LogP contribution is -2.50. The molecule has 3 nitrogen and oxygen atoms in total. The van der Waals surface area contributed by atoms with E-state index in [1.807, 2.05) is 18.2 Å². The van der Waals surface area contributed by atoms with E-state index >= 15 is 0 Å². The van der Waals surface area contributed by atoms with Crippen LogP contribution in [-0.4, -0.2) is 35.2 Å². The standard InChI is InChI=1S/C12H18N2O.2ClH/c13-11-6-7-14(9-12(11)15)8-10-4-2-1-3-5-10;;/h1-5,11-12,15H,6-9,13H2;2*1H/t11-,12+;;/m0../s1. The Labute approximate surface area is 115 Å². The number of hydrogen-bond donors (Lipinski definition) is 2. The summed E-state index contributed by atoms with van der Waals surface area (Å²) >= 11 is 0. The fourth-order valence-corrected chi connectivity index (χ4v) is 2.00. The van der Waals surface area contributed by atoms with Crippen LogP contribution in [0.15, 0.2) is 30.3 Å². The Morgan fingerprint density at radius 2 is 1.88 bits per heavy atom. The highest BCUT2D eigenvalue weighted by Gasteiger charge is 2.24. The molecule has 3 N–H and O–H groups in total. The van der Waals surface area contributed by atoms with Gasteiger partial charge in [-0.15, -0.1) is 24.8 Å². The van der Waals surface area contributed by atoms with Crippen molar-refractivity contribution >= 4 is 24.8 Å². The molecule has 0 aliphatic carbocycles. The lowest BCUT2D eigenvalue weighted by Gasteiger charge is -2.34. The molecule has 1 fully saturated rings. The van der Waals surface area contributed by atoms with Gasteiger partial charge < -0.3 is 10.8 Å². The van der Waals surface area contributed by atoms with E-state index in [9.17, 15) is 5.11 Å². The van der Waals surface area contributed by atoms with Gasteiger partial charge in [0, 0.05) is 25.7 Å². The van der Waals surface area contributed by atoms with Gasteiger partial charge in [-0.1, -0.05) is 30.3 Å². The first-order valence-electron chi connectivity index (χ1n) is 5.45. The Morgan fingerprint density at radius 3 is 2.47 bits per heavy atom. The molecule has 0 amide bonds. The molecule has 2 rings (SSSR count). The van der Waals surface area contributed by atoms with Crippen molar-refractivity contribution in [3.8, 4) is 0 Å². The molecule has 0 unspecified atom stereocenters. The molecular weight excluding hydrogens is 259 g/mol. The van der Waals surface area contributed by atoms with Crippen LogP contribution in [0.1, 0.15) is 12.0 Å². The molecule has 0 aromatic heterocycles. The van der Waals surface area contributed by atoms with Crippen LogP contribution in [0.2, 0.25) is 0 Å². The van der Waals surface area contributed by atoms with E-state index in [0.29, 0.717) is 6.54 Å². The molecule has 1 aromatic rings. The van der Waals surface area contributed by atoms with Crippen LogP contribution >= 0.6 is 24.8 Å². The third kappa shape index (κ3) is 4.82. The first-order chi connectivity index (χ1) is 7.25. The third-order valence-electron chi connectivity index (χ3n) is 2.97. The molecule has 98 valence electrons. The van der Waals surface area contributed by atoms with Gasteiger partial charge in [-0.2, -0.15) is 0 Å². The van der Waals surface area contributed by atoms with Crippen molar-refractivity contribution in [3.63, 3.8) is 0 Å². The molecule has 1 aliphatic heterocycles. The fraction of sp³-hybridized carbons (Fsp3) is 0.500. The summed E-state index contributed by atoms with van der Waals surface area (Å²) in [5, 5.41) is 9.66. The highest BCUT2D eigenvalue weighted by Crippen LogP contribution is 2.12. The minimum absolute atomic E-state index is 0. The van der Waals surface area contributed by atoms with Crippen LogP contribution in [0.3, 0.4) is 0 Å². The number of nitrogens with zero attached hydrogens (tertiary/aromatic N) is 1. The molecule has 5 heteroatoms. The monoisotopic (exact) mass is 278 g/mol. The number of aliphatic hydroxyl groups excluding tert-OH is 1. The fourth-order valence-electron chi connectivity index (χ4n) is 2.00. The number of benzene rings is 1. The molecule has 1 saturated heterocycles. The molecule has 0 saturated carbocycles.